The standard InChI is InChI=1S/C23H29N3O3S/c27-23(22-12-7-13-25(22)18-20-8-3-1-4-9-20)24-14-16-26(17-15-24)30(28,29)19-21-10-5-2-6-11-21/h1-6,8-11,22H,7,12-19H2. The molecule has 6 nitrogen and oxygen atoms in total. The van der Waals surface area contributed by atoms with Gasteiger partial charge in [0.2, 0.25) is 15.9 Å². The van der Waals surface area contributed by atoms with Gasteiger partial charge in [-0.05, 0) is 30.5 Å². The zero-order chi connectivity index (χ0) is 21.0. The molecule has 0 aliphatic carbocycles. The Hall–Kier alpha value is -2.22. The van der Waals surface area contributed by atoms with Gasteiger partial charge < -0.3 is 4.90 Å². The zero-order valence-corrected chi connectivity index (χ0v) is 18.0. The van der Waals surface area contributed by atoms with Crippen molar-refractivity contribution in [1.29, 1.82) is 0 Å². The monoisotopic (exact) mass is 427 g/mol. The SMILES string of the molecule is O=C(C1CCCN1Cc1ccccc1)N1CCN(S(=O)(=O)Cc2ccccc2)CC1. The van der Waals surface area contributed by atoms with Gasteiger partial charge in [-0.15, -0.1) is 0 Å². The molecule has 2 aliphatic heterocycles. The second-order valence-corrected chi connectivity index (χ2v) is 10.0. The Morgan fingerprint density at radius 3 is 2.07 bits per heavy atom. The van der Waals surface area contributed by atoms with Crippen LogP contribution < -0.4 is 0 Å². The summed E-state index contributed by atoms with van der Waals surface area (Å²) in [5.41, 5.74) is 2.01. The third-order valence-electron chi connectivity index (χ3n) is 6.01. The third kappa shape index (κ3) is 4.91. The number of hydrogen-bond acceptors (Lipinski definition) is 4. The third-order valence-corrected chi connectivity index (χ3v) is 7.86. The van der Waals surface area contributed by atoms with Crippen molar-refractivity contribution in [2.45, 2.75) is 31.2 Å². The number of likely N-dealkylation sites (tertiary alicyclic amines) is 1. The summed E-state index contributed by atoms with van der Waals surface area (Å²) in [5, 5.41) is 0. The molecule has 2 saturated heterocycles. The van der Waals surface area contributed by atoms with Gasteiger partial charge in [0.1, 0.15) is 0 Å². The van der Waals surface area contributed by atoms with E-state index in [4.69, 9.17) is 0 Å². The average Bonchev–Trinajstić information content (AvgIpc) is 3.22. The first-order valence-corrected chi connectivity index (χ1v) is 12.2. The summed E-state index contributed by atoms with van der Waals surface area (Å²) in [4.78, 5) is 17.3. The van der Waals surface area contributed by atoms with Crippen LogP contribution in [0.4, 0.5) is 0 Å². The van der Waals surface area contributed by atoms with Crippen LogP contribution in [0.2, 0.25) is 0 Å². The van der Waals surface area contributed by atoms with Gasteiger partial charge in [0, 0.05) is 32.7 Å². The van der Waals surface area contributed by atoms with Crippen molar-refractivity contribution in [3.8, 4) is 0 Å². The largest absolute Gasteiger partial charge is 0.339 e. The maximum absolute atomic E-state index is 13.2. The molecule has 1 amide bonds. The molecule has 30 heavy (non-hydrogen) atoms. The first kappa shape index (κ1) is 21.0. The highest BCUT2D eigenvalue weighted by Gasteiger charge is 2.36. The molecule has 1 atom stereocenters. The van der Waals surface area contributed by atoms with Gasteiger partial charge in [0.25, 0.3) is 0 Å². The minimum Gasteiger partial charge on any atom is -0.339 e. The van der Waals surface area contributed by atoms with Crippen molar-refractivity contribution >= 4 is 15.9 Å². The number of piperazine rings is 1. The van der Waals surface area contributed by atoms with E-state index in [1.54, 1.807) is 0 Å². The number of benzene rings is 2. The van der Waals surface area contributed by atoms with Crippen LogP contribution in [-0.4, -0.2) is 67.2 Å². The molecule has 160 valence electrons. The molecule has 2 aromatic rings. The fourth-order valence-corrected chi connectivity index (χ4v) is 5.90. The molecular formula is C23H29N3O3S. The van der Waals surface area contributed by atoms with E-state index in [1.807, 2.05) is 53.4 Å². The summed E-state index contributed by atoms with van der Waals surface area (Å²) in [5.74, 6) is 0.151. The molecule has 2 aliphatic rings. The average molecular weight is 428 g/mol. The van der Waals surface area contributed by atoms with E-state index in [1.165, 1.54) is 9.87 Å². The van der Waals surface area contributed by atoms with Crippen molar-refractivity contribution in [2.75, 3.05) is 32.7 Å². The second-order valence-electron chi connectivity index (χ2n) is 8.08. The molecular weight excluding hydrogens is 398 g/mol. The summed E-state index contributed by atoms with van der Waals surface area (Å²) < 4.78 is 27.0. The van der Waals surface area contributed by atoms with Crippen LogP contribution in [0.15, 0.2) is 60.7 Å². The molecule has 4 rings (SSSR count). The molecule has 0 bridgehead atoms. The van der Waals surface area contributed by atoms with Crippen molar-refractivity contribution < 1.29 is 13.2 Å². The summed E-state index contributed by atoms with van der Waals surface area (Å²) in [6.45, 7) is 3.36. The van der Waals surface area contributed by atoms with E-state index in [0.29, 0.717) is 26.2 Å². The molecule has 0 N–H and O–H groups in total. The normalized spacial score (nSPS) is 21.1. The van der Waals surface area contributed by atoms with Crippen LogP contribution in [0.3, 0.4) is 0 Å². The first-order valence-electron chi connectivity index (χ1n) is 10.6. The van der Waals surface area contributed by atoms with E-state index >= 15 is 0 Å². The molecule has 2 aromatic carbocycles. The Labute approximate surface area is 179 Å². The molecule has 0 aromatic heterocycles. The quantitative estimate of drug-likeness (QED) is 0.710. The minimum atomic E-state index is -3.37. The van der Waals surface area contributed by atoms with Gasteiger partial charge in [-0.3, -0.25) is 9.69 Å². The number of rotatable bonds is 6. The van der Waals surface area contributed by atoms with Crippen LogP contribution in [0, 0.1) is 0 Å². The van der Waals surface area contributed by atoms with E-state index in [2.05, 4.69) is 17.0 Å². The van der Waals surface area contributed by atoms with Crippen LogP contribution in [0.25, 0.3) is 0 Å². The fourth-order valence-electron chi connectivity index (χ4n) is 4.39. The van der Waals surface area contributed by atoms with Crippen molar-refractivity contribution in [3.63, 3.8) is 0 Å². The van der Waals surface area contributed by atoms with E-state index in [-0.39, 0.29) is 17.7 Å². The summed E-state index contributed by atoms with van der Waals surface area (Å²) in [6.07, 6.45) is 1.90. The van der Waals surface area contributed by atoms with Gasteiger partial charge in [0.15, 0.2) is 0 Å². The number of carbonyl (C=O) groups is 1. The van der Waals surface area contributed by atoms with Crippen LogP contribution in [0.1, 0.15) is 24.0 Å². The maximum Gasteiger partial charge on any atom is 0.240 e. The van der Waals surface area contributed by atoms with Gasteiger partial charge in [-0.25, -0.2) is 8.42 Å². The molecule has 1 unspecified atom stereocenters. The number of hydrogen-bond donors (Lipinski definition) is 0. The topological polar surface area (TPSA) is 60.9 Å². The van der Waals surface area contributed by atoms with E-state index in [0.717, 1.165) is 31.5 Å². The Morgan fingerprint density at radius 2 is 1.43 bits per heavy atom. The lowest BCUT2D eigenvalue weighted by Crippen LogP contribution is -2.54. The molecule has 2 heterocycles. The molecule has 0 saturated carbocycles. The predicted octanol–water partition coefficient (Wildman–Crippen LogP) is 2.33. The molecule has 0 spiro atoms. The highest BCUT2D eigenvalue weighted by atomic mass is 32.2. The number of amides is 1. The van der Waals surface area contributed by atoms with Crippen LogP contribution in [-0.2, 0) is 27.1 Å². The number of carbonyl (C=O) groups excluding carboxylic acids is 1. The minimum absolute atomic E-state index is 0.00919. The summed E-state index contributed by atoms with van der Waals surface area (Å²) in [7, 11) is -3.37. The van der Waals surface area contributed by atoms with Crippen molar-refractivity contribution in [1.82, 2.24) is 14.1 Å². The zero-order valence-electron chi connectivity index (χ0n) is 17.2. The maximum atomic E-state index is 13.2. The fraction of sp³-hybridized carbons (Fsp3) is 0.435. The number of nitrogens with zero attached hydrogens (tertiary/aromatic N) is 3. The Bertz CT molecular complexity index is 942. The predicted molar refractivity (Wildman–Crippen MR) is 117 cm³/mol. The lowest BCUT2D eigenvalue weighted by molar-refractivity contribution is -0.137. The van der Waals surface area contributed by atoms with Gasteiger partial charge in [-0.2, -0.15) is 4.31 Å². The summed E-state index contributed by atoms with van der Waals surface area (Å²) >= 11 is 0. The lowest BCUT2D eigenvalue weighted by Gasteiger charge is -2.36. The molecule has 7 heteroatoms. The van der Waals surface area contributed by atoms with Gasteiger partial charge in [-0.1, -0.05) is 60.7 Å². The van der Waals surface area contributed by atoms with Crippen LogP contribution in [0.5, 0.6) is 0 Å². The first-order chi connectivity index (χ1) is 14.5. The Kier molecular flexibility index (Phi) is 6.51. The van der Waals surface area contributed by atoms with Gasteiger partial charge in [0.05, 0.1) is 11.8 Å². The van der Waals surface area contributed by atoms with Crippen molar-refractivity contribution in [3.05, 3.63) is 71.8 Å². The van der Waals surface area contributed by atoms with E-state index in [9.17, 15) is 13.2 Å². The lowest BCUT2D eigenvalue weighted by atomic mass is 10.1. The van der Waals surface area contributed by atoms with E-state index < -0.39 is 10.0 Å². The highest BCUT2D eigenvalue weighted by Crippen LogP contribution is 2.23. The highest BCUT2D eigenvalue weighted by molar-refractivity contribution is 7.88. The smallest absolute Gasteiger partial charge is 0.240 e. The van der Waals surface area contributed by atoms with Crippen LogP contribution >= 0.6 is 0 Å². The van der Waals surface area contributed by atoms with Crippen molar-refractivity contribution in [2.24, 2.45) is 0 Å². The summed E-state index contributed by atoms with van der Waals surface area (Å²) in [6, 6.07) is 19.4. The van der Waals surface area contributed by atoms with Gasteiger partial charge >= 0.3 is 0 Å². The Balaban J connectivity index is 1.33. The molecule has 0 radical (unpaired) electrons. The Morgan fingerprint density at radius 1 is 0.833 bits per heavy atom. The molecule has 2 fully saturated rings. The second kappa shape index (κ2) is 9.29. The number of sulfonamides is 1.